The molecule has 1 rings (SSSR count). The van der Waals surface area contributed by atoms with Crippen molar-refractivity contribution < 1.29 is 18.3 Å². The van der Waals surface area contributed by atoms with Gasteiger partial charge >= 0.3 is 5.97 Å². The molecule has 0 radical (unpaired) electrons. The fourth-order valence-electron chi connectivity index (χ4n) is 0.769. The molecule has 0 atom stereocenters. The van der Waals surface area contributed by atoms with Crippen molar-refractivity contribution in [3.8, 4) is 0 Å². The zero-order valence-corrected chi connectivity index (χ0v) is 9.21. The lowest BCUT2D eigenvalue weighted by atomic mass is 10.3. The van der Waals surface area contributed by atoms with Crippen molar-refractivity contribution in [3.63, 3.8) is 0 Å². The standard InChI is InChI=1S/C7H7ClN2O4S/c1-2-15(13,14)7-9-3-4(6(11)12)5(8)10-7/h3H,2H2,1H3,(H,11,12). The minimum absolute atomic E-state index is 0.171. The molecule has 8 heteroatoms. The predicted molar refractivity (Wildman–Crippen MR) is 51.7 cm³/mol. The van der Waals surface area contributed by atoms with Crippen molar-refractivity contribution in [1.82, 2.24) is 9.97 Å². The molecule has 0 saturated heterocycles. The van der Waals surface area contributed by atoms with Crippen molar-refractivity contribution >= 4 is 27.4 Å². The van der Waals surface area contributed by atoms with Crippen molar-refractivity contribution in [3.05, 3.63) is 16.9 Å². The summed E-state index contributed by atoms with van der Waals surface area (Å²) >= 11 is 5.49. The lowest BCUT2D eigenvalue weighted by Gasteiger charge is -2.01. The van der Waals surface area contributed by atoms with Gasteiger partial charge in [0.1, 0.15) is 10.7 Å². The van der Waals surface area contributed by atoms with Gasteiger partial charge in [0.25, 0.3) is 0 Å². The van der Waals surface area contributed by atoms with Crippen LogP contribution in [0.25, 0.3) is 0 Å². The number of carboxylic acid groups (broad SMARTS) is 1. The number of rotatable bonds is 3. The Kier molecular flexibility index (Phi) is 3.25. The smallest absolute Gasteiger partial charge is 0.340 e. The van der Waals surface area contributed by atoms with E-state index in [2.05, 4.69) is 9.97 Å². The van der Waals surface area contributed by atoms with Crippen molar-refractivity contribution in [1.29, 1.82) is 0 Å². The van der Waals surface area contributed by atoms with Gasteiger partial charge in [-0.1, -0.05) is 18.5 Å². The maximum absolute atomic E-state index is 11.3. The number of sulfone groups is 1. The van der Waals surface area contributed by atoms with E-state index in [0.29, 0.717) is 0 Å². The molecule has 0 aliphatic carbocycles. The average Bonchev–Trinajstić information content (AvgIpc) is 2.17. The molecule has 1 N–H and O–H groups in total. The molecule has 82 valence electrons. The monoisotopic (exact) mass is 250 g/mol. The number of carbonyl (C=O) groups is 1. The summed E-state index contributed by atoms with van der Waals surface area (Å²) in [7, 11) is -3.56. The Bertz CT molecular complexity index is 500. The van der Waals surface area contributed by atoms with Crippen LogP contribution in [0.3, 0.4) is 0 Å². The zero-order valence-electron chi connectivity index (χ0n) is 7.64. The van der Waals surface area contributed by atoms with Crippen molar-refractivity contribution in [2.75, 3.05) is 5.75 Å². The summed E-state index contributed by atoms with van der Waals surface area (Å²) in [5.41, 5.74) is -0.327. The van der Waals surface area contributed by atoms with Gasteiger partial charge in [-0.3, -0.25) is 0 Å². The normalized spacial score (nSPS) is 11.3. The number of hydrogen-bond donors (Lipinski definition) is 1. The molecule has 0 amide bonds. The minimum Gasteiger partial charge on any atom is -0.478 e. The second-order valence-electron chi connectivity index (χ2n) is 2.57. The first-order valence-electron chi connectivity index (χ1n) is 3.87. The molecule has 0 spiro atoms. The van der Waals surface area contributed by atoms with Gasteiger partial charge in [-0.15, -0.1) is 0 Å². The summed E-state index contributed by atoms with van der Waals surface area (Å²) in [4.78, 5) is 17.4. The number of hydrogen-bond acceptors (Lipinski definition) is 5. The Morgan fingerprint density at radius 3 is 2.60 bits per heavy atom. The Morgan fingerprint density at radius 1 is 1.60 bits per heavy atom. The summed E-state index contributed by atoms with van der Waals surface area (Å²) in [5.74, 6) is -1.48. The summed E-state index contributed by atoms with van der Waals surface area (Å²) in [6, 6.07) is 0. The van der Waals surface area contributed by atoms with Crippen LogP contribution in [0.1, 0.15) is 17.3 Å². The SMILES string of the molecule is CCS(=O)(=O)c1ncc(C(=O)O)c(Cl)n1. The average molecular weight is 251 g/mol. The maximum Gasteiger partial charge on any atom is 0.340 e. The van der Waals surface area contributed by atoms with E-state index in [9.17, 15) is 13.2 Å². The van der Waals surface area contributed by atoms with Crippen LogP contribution in [0, 0.1) is 0 Å². The third kappa shape index (κ3) is 2.42. The van der Waals surface area contributed by atoms with E-state index >= 15 is 0 Å². The van der Waals surface area contributed by atoms with Crippen LogP contribution in [-0.2, 0) is 9.84 Å². The molecule has 0 aromatic carbocycles. The molecule has 1 aromatic rings. The van der Waals surface area contributed by atoms with Crippen molar-refractivity contribution in [2.45, 2.75) is 12.1 Å². The first-order chi connectivity index (χ1) is 6.88. The minimum atomic E-state index is -3.56. The van der Waals surface area contributed by atoms with Crippen LogP contribution in [0.15, 0.2) is 11.4 Å². The summed E-state index contributed by atoms with van der Waals surface area (Å²) in [6.07, 6.45) is 0.875. The quantitative estimate of drug-likeness (QED) is 0.624. The summed E-state index contributed by atoms with van der Waals surface area (Å²) in [6.45, 7) is 1.43. The van der Waals surface area contributed by atoms with Crippen LogP contribution in [0.5, 0.6) is 0 Å². The molecule has 0 saturated carbocycles. The van der Waals surface area contributed by atoms with Crippen LogP contribution in [0.2, 0.25) is 5.15 Å². The second kappa shape index (κ2) is 4.11. The van der Waals surface area contributed by atoms with Gasteiger partial charge in [-0.05, 0) is 0 Å². The first kappa shape index (κ1) is 11.9. The predicted octanol–water partition coefficient (Wildman–Crippen LogP) is 0.622. The number of aromatic nitrogens is 2. The molecule has 6 nitrogen and oxygen atoms in total. The molecule has 0 aliphatic rings. The molecule has 1 aromatic heterocycles. The van der Waals surface area contributed by atoms with Gasteiger partial charge < -0.3 is 5.11 Å². The fourth-order valence-corrected chi connectivity index (χ4v) is 1.73. The van der Waals surface area contributed by atoms with Crippen molar-refractivity contribution in [2.24, 2.45) is 0 Å². The molecular formula is C7H7ClN2O4S. The second-order valence-corrected chi connectivity index (χ2v) is 5.10. The molecular weight excluding hydrogens is 244 g/mol. The van der Waals surface area contributed by atoms with Gasteiger partial charge in [-0.25, -0.2) is 23.2 Å². The topological polar surface area (TPSA) is 97.2 Å². The number of carboxylic acids is 1. The highest BCUT2D eigenvalue weighted by Crippen LogP contribution is 2.14. The van der Waals surface area contributed by atoms with Crippen LogP contribution in [0.4, 0.5) is 0 Å². The molecule has 15 heavy (non-hydrogen) atoms. The Balaban J connectivity index is 3.30. The van der Waals surface area contributed by atoms with E-state index in [0.717, 1.165) is 6.20 Å². The van der Waals surface area contributed by atoms with Gasteiger partial charge in [0.05, 0.1) is 5.75 Å². The van der Waals surface area contributed by atoms with Gasteiger partial charge in [-0.2, -0.15) is 0 Å². The molecule has 0 fully saturated rings. The number of aromatic carboxylic acids is 1. The van der Waals surface area contributed by atoms with Gasteiger partial charge in [0, 0.05) is 6.20 Å². The lowest BCUT2D eigenvalue weighted by Crippen LogP contribution is -2.11. The molecule has 0 aliphatic heterocycles. The van der Waals surface area contributed by atoms with E-state index in [1.165, 1.54) is 6.92 Å². The number of halogens is 1. The van der Waals surface area contributed by atoms with E-state index in [4.69, 9.17) is 16.7 Å². The van der Waals surface area contributed by atoms with Crippen LogP contribution < -0.4 is 0 Å². The van der Waals surface area contributed by atoms with Crippen LogP contribution >= 0.6 is 11.6 Å². The van der Waals surface area contributed by atoms with Gasteiger partial charge in [0.2, 0.25) is 15.0 Å². The van der Waals surface area contributed by atoms with E-state index < -0.39 is 21.0 Å². The highest BCUT2D eigenvalue weighted by Gasteiger charge is 2.19. The summed E-state index contributed by atoms with van der Waals surface area (Å²) < 4.78 is 22.6. The highest BCUT2D eigenvalue weighted by molar-refractivity contribution is 7.91. The van der Waals surface area contributed by atoms with E-state index in [1.807, 2.05) is 0 Å². The molecule has 0 unspecified atom stereocenters. The maximum atomic E-state index is 11.3. The first-order valence-corrected chi connectivity index (χ1v) is 5.90. The zero-order chi connectivity index (χ0) is 11.6. The fraction of sp³-hybridized carbons (Fsp3) is 0.286. The lowest BCUT2D eigenvalue weighted by molar-refractivity contribution is 0.0696. The third-order valence-electron chi connectivity index (χ3n) is 1.61. The summed E-state index contributed by atoms with van der Waals surface area (Å²) in [5, 5.41) is 7.76. The largest absolute Gasteiger partial charge is 0.478 e. The highest BCUT2D eigenvalue weighted by atomic mass is 35.5. The number of nitrogens with zero attached hydrogens (tertiary/aromatic N) is 2. The molecule has 1 heterocycles. The Morgan fingerprint density at radius 2 is 2.20 bits per heavy atom. The Labute approximate surface area is 90.8 Å². The van der Waals surface area contributed by atoms with E-state index in [-0.39, 0.29) is 16.5 Å². The van der Waals surface area contributed by atoms with E-state index in [1.54, 1.807) is 0 Å². The van der Waals surface area contributed by atoms with Crippen LogP contribution in [-0.4, -0.2) is 35.2 Å². The Hall–Kier alpha value is -1.21. The van der Waals surface area contributed by atoms with Gasteiger partial charge in [0.15, 0.2) is 0 Å². The molecule has 0 bridgehead atoms. The third-order valence-corrected chi connectivity index (χ3v) is 3.41.